The number of rotatable bonds is 8. The van der Waals surface area contributed by atoms with Gasteiger partial charge in [0.05, 0.1) is 5.41 Å². The monoisotopic (exact) mass is 358 g/mol. The molecule has 3 atom stereocenters. The van der Waals surface area contributed by atoms with Gasteiger partial charge >= 0.3 is 5.97 Å². The van der Waals surface area contributed by atoms with E-state index in [-0.39, 0.29) is 5.91 Å². The van der Waals surface area contributed by atoms with Crippen molar-refractivity contribution in [1.82, 2.24) is 10.2 Å². The van der Waals surface area contributed by atoms with Crippen molar-refractivity contribution in [2.75, 3.05) is 13.1 Å². The fraction of sp³-hybridized carbons (Fsp3) is 0.619. The number of fused-ring (bicyclic) bond motifs is 1. The lowest BCUT2D eigenvalue weighted by molar-refractivity contribution is -0.144. The van der Waals surface area contributed by atoms with Crippen LogP contribution in [0.5, 0.6) is 0 Å². The molecule has 0 aromatic heterocycles. The molecule has 0 radical (unpaired) electrons. The van der Waals surface area contributed by atoms with Crippen LogP contribution in [0.4, 0.5) is 0 Å². The van der Waals surface area contributed by atoms with Gasteiger partial charge in [-0.1, -0.05) is 56.5 Å². The Labute approximate surface area is 155 Å². The second-order valence-electron chi connectivity index (χ2n) is 7.91. The van der Waals surface area contributed by atoms with Crippen LogP contribution in [0.25, 0.3) is 0 Å². The van der Waals surface area contributed by atoms with Crippen LogP contribution in [0.1, 0.15) is 51.0 Å². The van der Waals surface area contributed by atoms with E-state index in [0.717, 1.165) is 51.7 Å². The Kier molecular flexibility index (Phi) is 5.97. The average Bonchev–Trinajstić information content (AvgIpc) is 3.17. The molecule has 1 aromatic rings. The number of nitrogens with zero attached hydrogens (tertiary/aromatic N) is 1. The van der Waals surface area contributed by atoms with Gasteiger partial charge in [-0.05, 0) is 30.7 Å². The minimum Gasteiger partial charge on any atom is -0.480 e. The van der Waals surface area contributed by atoms with E-state index in [2.05, 4.69) is 22.3 Å². The Morgan fingerprint density at radius 3 is 2.81 bits per heavy atom. The van der Waals surface area contributed by atoms with Crippen LogP contribution in [0.3, 0.4) is 0 Å². The number of aliphatic carboxylic acids is 1. The van der Waals surface area contributed by atoms with Crippen LogP contribution in [0.15, 0.2) is 30.3 Å². The summed E-state index contributed by atoms with van der Waals surface area (Å²) in [6.45, 7) is 4.54. The number of carboxylic acid groups (broad SMARTS) is 1. The zero-order valence-corrected chi connectivity index (χ0v) is 15.6. The van der Waals surface area contributed by atoms with Gasteiger partial charge in [0.25, 0.3) is 0 Å². The summed E-state index contributed by atoms with van der Waals surface area (Å²) in [4.78, 5) is 27.0. The summed E-state index contributed by atoms with van der Waals surface area (Å²) in [5.74, 6) is -0.622. The van der Waals surface area contributed by atoms with E-state index in [4.69, 9.17) is 0 Å². The number of carbonyl (C=O) groups excluding carboxylic acids is 1. The standard InChI is InChI=1S/C21H30N2O3/c1-2-3-11-18(19(24)25)22-20(26)21-12-7-10-17(21)14-23(15-21)13-16-8-5-4-6-9-16/h4-6,8-9,17-18H,2-3,7,10-15H2,1H3,(H,22,26)(H,24,25)/t17-,18+,21-/m1/s1. The molecule has 3 rings (SSSR count). The maximum absolute atomic E-state index is 13.1. The Bertz CT molecular complexity index is 633. The van der Waals surface area contributed by atoms with Crippen molar-refractivity contribution in [1.29, 1.82) is 0 Å². The largest absolute Gasteiger partial charge is 0.480 e. The predicted octanol–water partition coefficient (Wildman–Crippen LogP) is 3.05. The topological polar surface area (TPSA) is 69.6 Å². The highest BCUT2D eigenvalue weighted by Crippen LogP contribution is 2.49. The van der Waals surface area contributed by atoms with Crippen LogP contribution in [0, 0.1) is 11.3 Å². The van der Waals surface area contributed by atoms with E-state index in [1.807, 2.05) is 25.1 Å². The highest BCUT2D eigenvalue weighted by Gasteiger charge is 2.54. The van der Waals surface area contributed by atoms with Crippen LogP contribution in [-0.2, 0) is 16.1 Å². The van der Waals surface area contributed by atoms with Crippen LogP contribution < -0.4 is 5.32 Å². The number of nitrogens with one attached hydrogen (secondary N) is 1. The molecule has 0 bridgehead atoms. The fourth-order valence-electron chi connectivity index (χ4n) is 4.69. The van der Waals surface area contributed by atoms with E-state index in [0.29, 0.717) is 12.3 Å². The number of amides is 1. The summed E-state index contributed by atoms with van der Waals surface area (Å²) in [7, 11) is 0. The van der Waals surface area contributed by atoms with Crippen molar-refractivity contribution in [3.63, 3.8) is 0 Å². The predicted molar refractivity (Wildman–Crippen MR) is 101 cm³/mol. The number of benzene rings is 1. The Morgan fingerprint density at radius 2 is 2.12 bits per heavy atom. The maximum atomic E-state index is 13.1. The third kappa shape index (κ3) is 3.93. The molecule has 0 spiro atoms. The van der Waals surface area contributed by atoms with Crippen molar-refractivity contribution < 1.29 is 14.7 Å². The first kappa shape index (κ1) is 18.9. The highest BCUT2D eigenvalue weighted by molar-refractivity contribution is 5.88. The molecule has 1 heterocycles. The average molecular weight is 358 g/mol. The van der Waals surface area contributed by atoms with Gasteiger partial charge in [0, 0.05) is 19.6 Å². The maximum Gasteiger partial charge on any atom is 0.326 e. The number of hydrogen-bond acceptors (Lipinski definition) is 3. The van der Waals surface area contributed by atoms with E-state index < -0.39 is 17.4 Å². The van der Waals surface area contributed by atoms with Gasteiger partial charge < -0.3 is 10.4 Å². The molecule has 2 N–H and O–H groups in total. The fourth-order valence-corrected chi connectivity index (χ4v) is 4.69. The molecule has 1 saturated carbocycles. The molecule has 5 nitrogen and oxygen atoms in total. The van der Waals surface area contributed by atoms with Gasteiger partial charge in [-0.2, -0.15) is 0 Å². The third-order valence-electron chi connectivity index (χ3n) is 6.09. The van der Waals surface area contributed by atoms with Crippen LogP contribution in [-0.4, -0.2) is 41.0 Å². The molecule has 0 unspecified atom stereocenters. The number of unbranched alkanes of at least 4 members (excludes halogenated alkanes) is 1. The van der Waals surface area contributed by atoms with Gasteiger partial charge in [0.2, 0.25) is 5.91 Å². The minimum atomic E-state index is -0.920. The Balaban J connectivity index is 1.68. The molecular formula is C21H30N2O3. The summed E-state index contributed by atoms with van der Waals surface area (Å²) in [6, 6.07) is 9.57. The minimum absolute atomic E-state index is 0.0425. The first-order chi connectivity index (χ1) is 12.5. The van der Waals surface area contributed by atoms with Crippen molar-refractivity contribution in [2.24, 2.45) is 11.3 Å². The molecular weight excluding hydrogens is 328 g/mol. The SMILES string of the molecule is CCCC[C@H](NC(=O)[C@@]12CCC[C@@H]1CN(Cc1ccccc1)C2)C(=O)O. The number of hydrogen-bond donors (Lipinski definition) is 2. The van der Waals surface area contributed by atoms with Gasteiger partial charge in [-0.15, -0.1) is 0 Å². The van der Waals surface area contributed by atoms with Gasteiger partial charge in [0.1, 0.15) is 6.04 Å². The lowest BCUT2D eigenvalue weighted by atomic mass is 9.79. The van der Waals surface area contributed by atoms with Gasteiger partial charge in [-0.25, -0.2) is 4.79 Å². The summed E-state index contributed by atoms with van der Waals surface area (Å²) in [6.07, 6.45) is 5.24. The van der Waals surface area contributed by atoms with Crippen molar-refractivity contribution >= 4 is 11.9 Å². The lowest BCUT2D eigenvalue weighted by Crippen LogP contribution is -2.50. The molecule has 1 amide bonds. The van der Waals surface area contributed by atoms with Crippen LogP contribution >= 0.6 is 0 Å². The zero-order valence-electron chi connectivity index (χ0n) is 15.6. The third-order valence-corrected chi connectivity index (χ3v) is 6.09. The molecule has 142 valence electrons. The molecule has 1 aliphatic carbocycles. The molecule has 1 saturated heterocycles. The number of likely N-dealkylation sites (tertiary alicyclic amines) is 1. The molecule has 2 fully saturated rings. The zero-order chi connectivity index (χ0) is 18.6. The summed E-state index contributed by atoms with van der Waals surface area (Å²) in [5, 5.41) is 12.3. The first-order valence-corrected chi connectivity index (χ1v) is 9.85. The number of carboxylic acids is 1. The van der Waals surface area contributed by atoms with Crippen molar-refractivity contribution in [3.05, 3.63) is 35.9 Å². The Morgan fingerprint density at radius 1 is 1.35 bits per heavy atom. The summed E-state index contributed by atoms with van der Waals surface area (Å²) >= 11 is 0. The Hall–Kier alpha value is -1.88. The second kappa shape index (κ2) is 8.21. The summed E-state index contributed by atoms with van der Waals surface area (Å²) in [5.41, 5.74) is 0.851. The summed E-state index contributed by atoms with van der Waals surface area (Å²) < 4.78 is 0. The van der Waals surface area contributed by atoms with Crippen molar-refractivity contribution in [2.45, 2.75) is 58.0 Å². The normalized spacial score (nSPS) is 26.4. The quantitative estimate of drug-likeness (QED) is 0.749. The van der Waals surface area contributed by atoms with E-state index >= 15 is 0 Å². The molecule has 1 aromatic carbocycles. The smallest absolute Gasteiger partial charge is 0.326 e. The molecule has 5 heteroatoms. The molecule has 26 heavy (non-hydrogen) atoms. The first-order valence-electron chi connectivity index (χ1n) is 9.85. The van der Waals surface area contributed by atoms with E-state index in [9.17, 15) is 14.7 Å². The molecule has 1 aliphatic heterocycles. The van der Waals surface area contributed by atoms with Gasteiger partial charge in [-0.3, -0.25) is 9.69 Å². The lowest BCUT2D eigenvalue weighted by Gasteiger charge is -2.29. The van der Waals surface area contributed by atoms with E-state index in [1.54, 1.807) is 0 Å². The number of carbonyl (C=O) groups is 2. The van der Waals surface area contributed by atoms with Crippen LogP contribution in [0.2, 0.25) is 0 Å². The second-order valence-corrected chi connectivity index (χ2v) is 7.91. The van der Waals surface area contributed by atoms with E-state index in [1.165, 1.54) is 5.56 Å². The highest BCUT2D eigenvalue weighted by atomic mass is 16.4. The van der Waals surface area contributed by atoms with Crippen molar-refractivity contribution in [3.8, 4) is 0 Å². The molecule has 2 aliphatic rings. The van der Waals surface area contributed by atoms with Gasteiger partial charge in [0.15, 0.2) is 0 Å².